The first-order valence-electron chi connectivity index (χ1n) is 4.76. The highest BCUT2D eigenvalue weighted by molar-refractivity contribution is 7.09. The number of benzene rings is 1. The zero-order chi connectivity index (χ0) is 11.5. The number of aromatic nitrogens is 1. The second-order valence-electron chi connectivity index (χ2n) is 3.38. The largest absolute Gasteiger partial charge is 0.324 e. The summed E-state index contributed by atoms with van der Waals surface area (Å²) in [6, 6.07) is 3.46. The first kappa shape index (κ1) is 11.2. The molecule has 1 unspecified atom stereocenters. The normalized spacial score (nSPS) is 12.7. The molecular formula is C11H10F2N2S. The number of hydrogen-bond donors (Lipinski definition) is 1. The van der Waals surface area contributed by atoms with E-state index in [9.17, 15) is 8.78 Å². The number of thiazole rings is 1. The molecule has 1 aromatic carbocycles. The van der Waals surface area contributed by atoms with E-state index in [0.717, 1.165) is 11.1 Å². The molecule has 0 saturated heterocycles. The van der Waals surface area contributed by atoms with Crippen LogP contribution < -0.4 is 5.73 Å². The fraction of sp³-hybridized carbons (Fsp3) is 0.182. The van der Waals surface area contributed by atoms with E-state index in [0.29, 0.717) is 6.42 Å². The van der Waals surface area contributed by atoms with Crippen molar-refractivity contribution in [3.63, 3.8) is 0 Å². The Labute approximate surface area is 95.7 Å². The highest BCUT2D eigenvalue weighted by atomic mass is 32.1. The molecule has 2 aromatic rings. The van der Waals surface area contributed by atoms with Gasteiger partial charge in [0.2, 0.25) is 0 Å². The maximum atomic E-state index is 13.4. The third kappa shape index (κ3) is 2.25. The van der Waals surface area contributed by atoms with Crippen LogP contribution >= 0.6 is 11.3 Å². The van der Waals surface area contributed by atoms with E-state index in [4.69, 9.17) is 5.73 Å². The molecule has 0 aliphatic carbocycles. The van der Waals surface area contributed by atoms with Gasteiger partial charge in [0, 0.05) is 29.6 Å². The van der Waals surface area contributed by atoms with Crippen LogP contribution in [0.1, 0.15) is 16.6 Å². The zero-order valence-electron chi connectivity index (χ0n) is 8.36. The van der Waals surface area contributed by atoms with Gasteiger partial charge in [-0.05, 0) is 6.07 Å². The summed E-state index contributed by atoms with van der Waals surface area (Å²) in [5, 5.41) is 2.64. The Kier molecular flexibility index (Phi) is 3.26. The smallest absolute Gasteiger partial charge is 0.163 e. The van der Waals surface area contributed by atoms with Gasteiger partial charge in [0.25, 0.3) is 0 Å². The van der Waals surface area contributed by atoms with E-state index >= 15 is 0 Å². The number of halogens is 2. The minimum Gasteiger partial charge on any atom is -0.324 e. The number of nitrogens with zero attached hydrogens (tertiary/aromatic N) is 1. The van der Waals surface area contributed by atoms with Crippen molar-refractivity contribution in [2.75, 3.05) is 0 Å². The Hall–Kier alpha value is -1.33. The molecule has 1 atom stereocenters. The lowest BCUT2D eigenvalue weighted by Gasteiger charge is -2.11. The molecule has 0 amide bonds. The summed E-state index contributed by atoms with van der Waals surface area (Å²) >= 11 is 1.45. The van der Waals surface area contributed by atoms with E-state index in [1.54, 1.807) is 6.20 Å². The molecule has 0 saturated carbocycles. The van der Waals surface area contributed by atoms with E-state index in [-0.39, 0.29) is 5.56 Å². The second kappa shape index (κ2) is 4.67. The van der Waals surface area contributed by atoms with Gasteiger partial charge in [-0.25, -0.2) is 13.8 Å². The Morgan fingerprint density at radius 2 is 2.19 bits per heavy atom. The van der Waals surface area contributed by atoms with Crippen LogP contribution in [0.2, 0.25) is 0 Å². The summed E-state index contributed by atoms with van der Waals surface area (Å²) in [5.41, 5.74) is 6.01. The van der Waals surface area contributed by atoms with Crippen molar-refractivity contribution < 1.29 is 8.78 Å². The van der Waals surface area contributed by atoms with Gasteiger partial charge in [-0.2, -0.15) is 0 Å². The Morgan fingerprint density at radius 1 is 1.38 bits per heavy atom. The van der Waals surface area contributed by atoms with Gasteiger partial charge < -0.3 is 5.73 Å². The van der Waals surface area contributed by atoms with Crippen molar-refractivity contribution in [3.8, 4) is 0 Å². The first-order valence-corrected chi connectivity index (χ1v) is 5.64. The quantitative estimate of drug-likeness (QED) is 0.895. The van der Waals surface area contributed by atoms with Gasteiger partial charge in [0.15, 0.2) is 11.6 Å². The van der Waals surface area contributed by atoms with Crippen molar-refractivity contribution >= 4 is 11.3 Å². The van der Waals surface area contributed by atoms with E-state index in [2.05, 4.69) is 4.98 Å². The molecule has 84 valence electrons. The van der Waals surface area contributed by atoms with Crippen molar-refractivity contribution in [1.82, 2.24) is 4.98 Å². The highest BCUT2D eigenvalue weighted by Gasteiger charge is 2.15. The molecular weight excluding hydrogens is 230 g/mol. The maximum absolute atomic E-state index is 13.4. The van der Waals surface area contributed by atoms with E-state index in [1.807, 2.05) is 5.38 Å². The van der Waals surface area contributed by atoms with Gasteiger partial charge in [-0.15, -0.1) is 11.3 Å². The minimum absolute atomic E-state index is 0.190. The monoisotopic (exact) mass is 240 g/mol. The Morgan fingerprint density at radius 3 is 2.88 bits per heavy atom. The highest BCUT2D eigenvalue weighted by Crippen LogP contribution is 2.21. The van der Waals surface area contributed by atoms with Crippen LogP contribution in [0.25, 0.3) is 0 Å². The molecule has 1 heterocycles. The van der Waals surface area contributed by atoms with Crippen molar-refractivity contribution in [1.29, 1.82) is 0 Å². The van der Waals surface area contributed by atoms with Crippen LogP contribution in [0.5, 0.6) is 0 Å². The van der Waals surface area contributed by atoms with Crippen molar-refractivity contribution in [3.05, 3.63) is 52.0 Å². The van der Waals surface area contributed by atoms with Gasteiger partial charge in [-0.1, -0.05) is 12.1 Å². The molecule has 5 heteroatoms. The molecule has 0 aliphatic heterocycles. The van der Waals surface area contributed by atoms with Gasteiger partial charge in [0.1, 0.15) is 0 Å². The molecule has 16 heavy (non-hydrogen) atoms. The molecule has 0 aliphatic rings. The fourth-order valence-electron chi connectivity index (χ4n) is 1.46. The SMILES string of the molecule is NC(Cc1nccs1)c1cccc(F)c1F. The molecule has 1 aromatic heterocycles. The Balaban J connectivity index is 2.21. The van der Waals surface area contributed by atoms with E-state index in [1.165, 1.54) is 23.5 Å². The standard InChI is InChI=1S/C11H10F2N2S/c12-8-3-1-2-7(11(8)13)9(14)6-10-15-4-5-16-10/h1-5,9H,6,14H2. The average Bonchev–Trinajstić information content (AvgIpc) is 2.74. The first-order chi connectivity index (χ1) is 7.68. The van der Waals surface area contributed by atoms with Crippen LogP contribution in [-0.2, 0) is 6.42 Å². The lowest BCUT2D eigenvalue weighted by atomic mass is 10.0. The molecule has 0 fully saturated rings. The Bertz CT molecular complexity index is 471. The predicted molar refractivity (Wildman–Crippen MR) is 59.1 cm³/mol. The number of rotatable bonds is 3. The van der Waals surface area contributed by atoms with Gasteiger partial charge >= 0.3 is 0 Å². The average molecular weight is 240 g/mol. The van der Waals surface area contributed by atoms with Crippen LogP contribution in [0, 0.1) is 11.6 Å². The van der Waals surface area contributed by atoms with Gasteiger partial charge in [-0.3, -0.25) is 0 Å². The maximum Gasteiger partial charge on any atom is 0.163 e. The van der Waals surface area contributed by atoms with Crippen LogP contribution in [0.3, 0.4) is 0 Å². The van der Waals surface area contributed by atoms with Crippen LogP contribution in [0.4, 0.5) is 8.78 Å². The molecule has 0 spiro atoms. The second-order valence-corrected chi connectivity index (χ2v) is 4.36. The summed E-state index contributed by atoms with van der Waals surface area (Å²) in [4.78, 5) is 4.06. The van der Waals surface area contributed by atoms with Crippen molar-refractivity contribution in [2.45, 2.75) is 12.5 Å². The van der Waals surface area contributed by atoms with Crippen LogP contribution in [0.15, 0.2) is 29.8 Å². The summed E-state index contributed by atoms with van der Waals surface area (Å²) in [5.74, 6) is -1.74. The lowest BCUT2D eigenvalue weighted by molar-refractivity contribution is 0.488. The summed E-state index contributed by atoms with van der Waals surface area (Å²) < 4.78 is 26.4. The molecule has 2 rings (SSSR count). The zero-order valence-corrected chi connectivity index (χ0v) is 9.18. The molecule has 2 N–H and O–H groups in total. The topological polar surface area (TPSA) is 38.9 Å². The minimum atomic E-state index is -0.869. The fourth-order valence-corrected chi connectivity index (χ4v) is 2.14. The predicted octanol–water partition coefficient (Wildman–Crippen LogP) is 2.66. The van der Waals surface area contributed by atoms with Crippen LogP contribution in [-0.4, -0.2) is 4.98 Å². The number of nitrogens with two attached hydrogens (primary N) is 1. The third-order valence-electron chi connectivity index (χ3n) is 2.26. The summed E-state index contributed by atoms with van der Waals surface area (Å²) in [6.07, 6.45) is 2.08. The third-order valence-corrected chi connectivity index (χ3v) is 3.06. The molecule has 2 nitrogen and oxygen atoms in total. The summed E-state index contributed by atoms with van der Waals surface area (Å²) in [6.45, 7) is 0. The van der Waals surface area contributed by atoms with E-state index < -0.39 is 17.7 Å². The molecule has 0 radical (unpaired) electrons. The van der Waals surface area contributed by atoms with Crippen molar-refractivity contribution in [2.24, 2.45) is 5.73 Å². The van der Waals surface area contributed by atoms with Gasteiger partial charge in [0.05, 0.1) is 5.01 Å². The lowest BCUT2D eigenvalue weighted by Crippen LogP contribution is -2.15. The molecule has 0 bridgehead atoms. The number of hydrogen-bond acceptors (Lipinski definition) is 3. The summed E-state index contributed by atoms with van der Waals surface area (Å²) in [7, 11) is 0.